The van der Waals surface area contributed by atoms with Gasteiger partial charge in [-0.3, -0.25) is 4.79 Å². The van der Waals surface area contributed by atoms with Crippen LogP contribution in [0.1, 0.15) is 19.3 Å². The minimum absolute atomic E-state index is 0.00287. The zero-order chi connectivity index (χ0) is 10.3. The molecule has 4 nitrogen and oxygen atoms in total. The molecule has 2 aliphatic rings. The van der Waals surface area contributed by atoms with Crippen molar-refractivity contribution in [3.05, 3.63) is 0 Å². The average molecular weight is 215 g/mol. The summed E-state index contributed by atoms with van der Waals surface area (Å²) >= 11 is 4.21. The monoisotopic (exact) mass is 215 g/mol. The van der Waals surface area contributed by atoms with Crippen LogP contribution in [0.5, 0.6) is 0 Å². The van der Waals surface area contributed by atoms with Gasteiger partial charge in [0.05, 0.1) is 0 Å². The highest BCUT2D eigenvalue weighted by molar-refractivity contribution is 7.81. The molecular formula is C9H13NO3S. The number of carboxylic acid groups (broad SMARTS) is 1. The lowest BCUT2D eigenvalue weighted by molar-refractivity contribution is -0.149. The van der Waals surface area contributed by atoms with Crippen molar-refractivity contribution in [3.8, 4) is 0 Å². The number of carbonyl (C=O) groups excluding carboxylic acids is 1. The number of aliphatic carboxylic acids is 1. The number of rotatable bonds is 3. The molecule has 2 rings (SSSR count). The van der Waals surface area contributed by atoms with Gasteiger partial charge in [0.2, 0.25) is 5.91 Å². The van der Waals surface area contributed by atoms with Crippen LogP contribution >= 0.6 is 12.6 Å². The van der Waals surface area contributed by atoms with Gasteiger partial charge in [0.15, 0.2) is 0 Å². The number of nitrogens with zero attached hydrogens (tertiary/aromatic N) is 1. The van der Waals surface area contributed by atoms with Crippen molar-refractivity contribution in [3.63, 3.8) is 0 Å². The molecule has 0 radical (unpaired) electrons. The lowest BCUT2D eigenvalue weighted by Crippen LogP contribution is -2.43. The van der Waals surface area contributed by atoms with E-state index in [0.29, 0.717) is 13.0 Å². The molecule has 0 bridgehead atoms. The third-order valence-electron chi connectivity index (χ3n) is 2.80. The van der Waals surface area contributed by atoms with E-state index < -0.39 is 12.0 Å². The summed E-state index contributed by atoms with van der Waals surface area (Å²) < 4.78 is 0. The molecule has 1 saturated heterocycles. The van der Waals surface area contributed by atoms with Crippen molar-refractivity contribution in [1.82, 2.24) is 4.90 Å². The van der Waals surface area contributed by atoms with Crippen LogP contribution in [0.2, 0.25) is 0 Å². The summed E-state index contributed by atoms with van der Waals surface area (Å²) in [5.41, 5.74) is 0. The summed E-state index contributed by atoms with van der Waals surface area (Å²) in [5, 5.41) is 9.03. The van der Waals surface area contributed by atoms with Crippen molar-refractivity contribution in [2.75, 3.05) is 6.54 Å². The Bertz CT molecular complexity index is 277. The number of hydrogen-bond donors (Lipinski definition) is 2. The van der Waals surface area contributed by atoms with Gasteiger partial charge >= 0.3 is 5.97 Å². The normalized spacial score (nSPS) is 29.4. The second-order valence-corrected chi connectivity index (χ2v) is 4.75. The molecule has 5 heteroatoms. The second kappa shape index (κ2) is 3.46. The van der Waals surface area contributed by atoms with Crippen LogP contribution in [-0.4, -0.2) is 39.7 Å². The Labute approximate surface area is 87.7 Å². The van der Waals surface area contributed by atoms with Gasteiger partial charge in [-0.05, 0) is 18.8 Å². The van der Waals surface area contributed by atoms with Crippen molar-refractivity contribution in [2.45, 2.75) is 30.6 Å². The molecule has 1 N–H and O–H groups in total. The van der Waals surface area contributed by atoms with Crippen molar-refractivity contribution < 1.29 is 14.7 Å². The quantitative estimate of drug-likeness (QED) is 0.669. The number of amides is 1. The van der Waals surface area contributed by atoms with E-state index in [9.17, 15) is 9.59 Å². The topological polar surface area (TPSA) is 57.6 Å². The molecule has 2 fully saturated rings. The largest absolute Gasteiger partial charge is 0.480 e. The van der Waals surface area contributed by atoms with Crippen molar-refractivity contribution >= 4 is 24.5 Å². The van der Waals surface area contributed by atoms with Gasteiger partial charge in [-0.1, -0.05) is 0 Å². The zero-order valence-electron chi connectivity index (χ0n) is 7.72. The smallest absolute Gasteiger partial charge is 0.326 e. The first-order valence-electron chi connectivity index (χ1n) is 4.80. The fraction of sp³-hybridized carbons (Fsp3) is 0.778. The van der Waals surface area contributed by atoms with Gasteiger partial charge in [0.1, 0.15) is 6.04 Å². The summed E-state index contributed by atoms with van der Waals surface area (Å²) in [6.45, 7) is 0.482. The molecule has 1 aliphatic heterocycles. The minimum Gasteiger partial charge on any atom is -0.480 e. The molecule has 1 unspecified atom stereocenters. The highest BCUT2D eigenvalue weighted by Gasteiger charge is 2.45. The van der Waals surface area contributed by atoms with Gasteiger partial charge in [-0.15, -0.1) is 0 Å². The molecule has 0 aromatic carbocycles. The first-order valence-corrected chi connectivity index (χ1v) is 5.31. The molecule has 1 amide bonds. The van der Waals surface area contributed by atoms with Crippen LogP contribution in [0, 0.1) is 5.92 Å². The first-order chi connectivity index (χ1) is 6.59. The lowest BCUT2D eigenvalue weighted by atomic mass is 10.1. The summed E-state index contributed by atoms with van der Waals surface area (Å²) in [5.74, 6) is -0.761. The standard InChI is InChI=1S/C9H13NO3S/c11-7-3-6(14)4-10(7)8(9(12)13)5-1-2-5/h5-6,8,14H,1-4H2,(H,12,13)/t6?,8-/m0/s1. The number of hydrogen-bond acceptors (Lipinski definition) is 3. The van der Waals surface area contributed by atoms with Gasteiger partial charge in [-0.25, -0.2) is 4.79 Å². The lowest BCUT2D eigenvalue weighted by Gasteiger charge is -2.24. The van der Waals surface area contributed by atoms with Crippen molar-refractivity contribution in [2.24, 2.45) is 5.92 Å². The van der Waals surface area contributed by atoms with Crippen LogP contribution in [-0.2, 0) is 9.59 Å². The van der Waals surface area contributed by atoms with Crippen LogP contribution in [0.15, 0.2) is 0 Å². The zero-order valence-corrected chi connectivity index (χ0v) is 8.61. The van der Waals surface area contributed by atoms with E-state index in [0.717, 1.165) is 12.8 Å². The van der Waals surface area contributed by atoms with Gasteiger partial charge in [0, 0.05) is 18.2 Å². The molecule has 0 aromatic rings. The molecule has 1 heterocycles. The Hall–Kier alpha value is -0.710. The molecule has 1 saturated carbocycles. The third-order valence-corrected chi connectivity index (χ3v) is 3.14. The molecule has 2 atom stereocenters. The second-order valence-electron chi connectivity index (χ2n) is 4.02. The van der Waals surface area contributed by atoms with E-state index >= 15 is 0 Å². The van der Waals surface area contributed by atoms with Crippen molar-refractivity contribution in [1.29, 1.82) is 0 Å². The fourth-order valence-corrected chi connectivity index (χ4v) is 2.31. The first kappa shape index (κ1) is 9.83. The molecular weight excluding hydrogens is 202 g/mol. The van der Waals surface area contributed by atoms with E-state index in [-0.39, 0.29) is 17.1 Å². The number of thiol groups is 1. The predicted octanol–water partition coefficient (Wildman–Crippen LogP) is 0.380. The SMILES string of the molecule is O=C(O)[C@H](C1CC1)N1CC(S)CC1=O. The Balaban J connectivity index is 2.10. The third kappa shape index (κ3) is 1.73. The summed E-state index contributed by atoms with van der Waals surface area (Å²) in [7, 11) is 0. The Kier molecular flexibility index (Phi) is 2.43. The number of likely N-dealkylation sites (tertiary alicyclic amines) is 1. The molecule has 14 heavy (non-hydrogen) atoms. The van der Waals surface area contributed by atoms with Gasteiger partial charge in [-0.2, -0.15) is 12.6 Å². The van der Waals surface area contributed by atoms with Gasteiger partial charge < -0.3 is 10.0 Å². The maximum absolute atomic E-state index is 11.5. The van der Waals surface area contributed by atoms with Crippen LogP contribution in [0.4, 0.5) is 0 Å². The maximum atomic E-state index is 11.5. The summed E-state index contributed by atoms with van der Waals surface area (Å²) in [4.78, 5) is 24.0. The van der Waals surface area contributed by atoms with E-state index in [1.54, 1.807) is 0 Å². The highest BCUT2D eigenvalue weighted by atomic mass is 32.1. The van der Waals surface area contributed by atoms with E-state index in [1.165, 1.54) is 4.90 Å². The Morgan fingerprint density at radius 1 is 1.57 bits per heavy atom. The van der Waals surface area contributed by atoms with Gasteiger partial charge in [0.25, 0.3) is 0 Å². The van der Waals surface area contributed by atoms with E-state index in [4.69, 9.17) is 5.11 Å². The molecule has 78 valence electrons. The predicted molar refractivity (Wildman–Crippen MR) is 53.3 cm³/mol. The number of carbonyl (C=O) groups is 2. The van der Waals surface area contributed by atoms with Crippen LogP contribution in [0.3, 0.4) is 0 Å². The van der Waals surface area contributed by atoms with E-state index in [2.05, 4.69) is 12.6 Å². The maximum Gasteiger partial charge on any atom is 0.326 e. The van der Waals surface area contributed by atoms with Crippen LogP contribution in [0.25, 0.3) is 0 Å². The van der Waals surface area contributed by atoms with E-state index in [1.807, 2.05) is 0 Å². The highest BCUT2D eigenvalue weighted by Crippen LogP contribution is 2.37. The number of carboxylic acids is 1. The van der Waals surface area contributed by atoms with Crippen LogP contribution < -0.4 is 0 Å². The fourth-order valence-electron chi connectivity index (χ4n) is 1.98. The molecule has 1 aliphatic carbocycles. The summed E-state index contributed by atoms with van der Waals surface area (Å²) in [6, 6.07) is -0.598. The summed E-state index contributed by atoms with van der Waals surface area (Å²) in [6.07, 6.45) is 2.23. The molecule has 0 aromatic heterocycles. The molecule has 0 spiro atoms. The average Bonchev–Trinajstić information content (AvgIpc) is 2.81. The Morgan fingerprint density at radius 2 is 2.21 bits per heavy atom. The Morgan fingerprint density at radius 3 is 2.57 bits per heavy atom. The minimum atomic E-state index is -0.872.